The largest absolute Gasteiger partial charge is 0.347 e. The van der Waals surface area contributed by atoms with Gasteiger partial charge in [-0.1, -0.05) is 25.1 Å². The van der Waals surface area contributed by atoms with Gasteiger partial charge in [-0.15, -0.1) is 0 Å². The molecule has 0 aliphatic carbocycles. The summed E-state index contributed by atoms with van der Waals surface area (Å²) in [5, 5.41) is 4.08. The fourth-order valence-corrected chi connectivity index (χ4v) is 5.13. The molecule has 2 heterocycles. The van der Waals surface area contributed by atoms with E-state index in [9.17, 15) is 8.42 Å². The zero-order chi connectivity index (χ0) is 15.9. The minimum atomic E-state index is -3.53. The molecule has 0 bridgehead atoms. The summed E-state index contributed by atoms with van der Waals surface area (Å²) in [5.41, 5.74) is 1.72. The Bertz CT molecular complexity index is 795. The van der Waals surface area contributed by atoms with Gasteiger partial charge < -0.3 is 9.88 Å². The summed E-state index contributed by atoms with van der Waals surface area (Å²) in [6.07, 6.45) is 0.824. The van der Waals surface area contributed by atoms with Crippen molar-refractivity contribution in [3.63, 3.8) is 0 Å². The molecule has 120 valence electrons. The average molecular weight is 321 g/mol. The molecule has 0 saturated carbocycles. The molecule has 2 aromatic rings. The van der Waals surface area contributed by atoms with Crippen molar-refractivity contribution in [1.29, 1.82) is 0 Å². The van der Waals surface area contributed by atoms with Crippen molar-refractivity contribution in [1.82, 2.24) is 14.6 Å². The molecule has 0 radical (unpaired) electrons. The van der Waals surface area contributed by atoms with Gasteiger partial charge in [-0.05, 0) is 38.4 Å². The number of benzene rings is 1. The van der Waals surface area contributed by atoms with Gasteiger partial charge in [0.1, 0.15) is 4.90 Å². The van der Waals surface area contributed by atoms with Gasteiger partial charge in [-0.25, -0.2) is 13.1 Å². The molecule has 0 spiro atoms. The van der Waals surface area contributed by atoms with E-state index in [-0.39, 0.29) is 6.04 Å². The van der Waals surface area contributed by atoms with Crippen LogP contribution in [0.3, 0.4) is 0 Å². The molecule has 1 aromatic heterocycles. The number of hydrogen-bond acceptors (Lipinski definition) is 3. The van der Waals surface area contributed by atoms with E-state index in [2.05, 4.69) is 17.0 Å². The van der Waals surface area contributed by atoms with E-state index in [0.29, 0.717) is 10.8 Å². The molecular formula is C16H23N3O2S. The molecule has 5 nitrogen and oxygen atoms in total. The van der Waals surface area contributed by atoms with E-state index < -0.39 is 10.0 Å². The van der Waals surface area contributed by atoms with Crippen molar-refractivity contribution in [2.24, 2.45) is 13.0 Å². The van der Waals surface area contributed by atoms with Crippen LogP contribution < -0.4 is 10.0 Å². The number of para-hydroxylation sites is 1. The van der Waals surface area contributed by atoms with Crippen LogP contribution in [0.4, 0.5) is 0 Å². The Morgan fingerprint density at radius 3 is 2.77 bits per heavy atom. The van der Waals surface area contributed by atoms with Crippen LogP contribution in [0, 0.1) is 12.8 Å². The molecule has 1 aromatic carbocycles. The molecule has 1 fully saturated rings. The number of aryl methyl sites for hydroxylation is 1. The van der Waals surface area contributed by atoms with Crippen molar-refractivity contribution >= 4 is 20.9 Å². The molecular weight excluding hydrogens is 298 g/mol. The van der Waals surface area contributed by atoms with E-state index in [1.165, 1.54) is 0 Å². The van der Waals surface area contributed by atoms with E-state index in [4.69, 9.17) is 0 Å². The maximum Gasteiger partial charge on any atom is 0.243 e. The Morgan fingerprint density at radius 1 is 1.32 bits per heavy atom. The number of fused-ring (bicyclic) bond motifs is 1. The SMILES string of the molecule is Cc1c(S(=O)(=O)NC2CCNCC2C)c2ccccc2n1C. The number of sulfonamides is 1. The topological polar surface area (TPSA) is 63.1 Å². The summed E-state index contributed by atoms with van der Waals surface area (Å²) in [4.78, 5) is 0.413. The average Bonchev–Trinajstić information content (AvgIpc) is 2.74. The second kappa shape index (κ2) is 5.68. The maximum absolute atomic E-state index is 12.9. The van der Waals surface area contributed by atoms with E-state index in [0.717, 1.165) is 36.1 Å². The summed E-state index contributed by atoms with van der Waals surface area (Å²) in [6.45, 7) is 5.64. The monoisotopic (exact) mass is 321 g/mol. The molecule has 2 unspecified atom stereocenters. The molecule has 1 aliphatic rings. The van der Waals surface area contributed by atoms with Gasteiger partial charge in [0.2, 0.25) is 10.0 Å². The highest BCUT2D eigenvalue weighted by Crippen LogP contribution is 2.29. The Morgan fingerprint density at radius 2 is 2.05 bits per heavy atom. The normalized spacial score (nSPS) is 23.0. The maximum atomic E-state index is 12.9. The van der Waals surface area contributed by atoms with Crippen LogP contribution in [0.25, 0.3) is 10.9 Å². The van der Waals surface area contributed by atoms with Crippen molar-refractivity contribution in [2.75, 3.05) is 13.1 Å². The zero-order valence-corrected chi connectivity index (χ0v) is 14.1. The Labute approximate surface area is 131 Å². The number of nitrogens with one attached hydrogen (secondary N) is 2. The first-order chi connectivity index (χ1) is 10.4. The van der Waals surface area contributed by atoms with Crippen molar-refractivity contribution in [2.45, 2.75) is 31.2 Å². The summed E-state index contributed by atoms with van der Waals surface area (Å²) < 4.78 is 30.8. The highest BCUT2D eigenvalue weighted by Gasteiger charge is 2.30. The Kier molecular flexibility index (Phi) is 4.01. The van der Waals surface area contributed by atoms with Crippen LogP contribution in [0.15, 0.2) is 29.2 Å². The minimum Gasteiger partial charge on any atom is -0.347 e. The number of rotatable bonds is 3. The third-order valence-corrected chi connectivity index (χ3v) is 6.37. The first-order valence-corrected chi connectivity index (χ1v) is 9.17. The Hall–Kier alpha value is -1.37. The standard InChI is InChI=1S/C16H23N3O2S/c1-11-10-17-9-8-14(11)18-22(20,21)16-12(2)19(3)15-7-5-4-6-13(15)16/h4-7,11,14,17-18H,8-10H2,1-3H3. The van der Waals surface area contributed by atoms with Crippen LogP contribution >= 0.6 is 0 Å². The van der Waals surface area contributed by atoms with Gasteiger partial charge in [0.15, 0.2) is 0 Å². The van der Waals surface area contributed by atoms with Crippen molar-refractivity contribution in [3.8, 4) is 0 Å². The first kappa shape index (κ1) is 15.5. The molecule has 2 N–H and O–H groups in total. The Balaban J connectivity index is 2.04. The van der Waals surface area contributed by atoms with E-state index in [1.807, 2.05) is 42.8 Å². The van der Waals surface area contributed by atoms with E-state index >= 15 is 0 Å². The fraction of sp³-hybridized carbons (Fsp3) is 0.500. The second-order valence-electron chi connectivity index (χ2n) is 6.19. The van der Waals surface area contributed by atoms with Gasteiger partial charge in [-0.3, -0.25) is 0 Å². The van der Waals surface area contributed by atoms with Crippen LogP contribution in [-0.4, -0.2) is 32.1 Å². The number of aromatic nitrogens is 1. The lowest BCUT2D eigenvalue weighted by Gasteiger charge is -2.30. The molecule has 3 rings (SSSR count). The smallest absolute Gasteiger partial charge is 0.243 e. The predicted octanol–water partition coefficient (Wildman–Crippen LogP) is 1.76. The molecule has 1 aliphatic heterocycles. The summed E-state index contributed by atoms with van der Waals surface area (Å²) >= 11 is 0. The van der Waals surface area contributed by atoms with Crippen LogP contribution in [0.1, 0.15) is 19.0 Å². The van der Waals surface area contributed by atoms with Crippen LogP contribution in [-0.2, 0) is 17.1 Å². The molecule has 22 heavy (non-hydrogen) atoms. The summed E-state index contributed by atoms with van der Waals surface area (Å²) in [7, 11) is -1.62. The predicted molar refractivity (Wildman–Crippen MR) is 88.4 cm³/mol. The lowest BCUT2D eigenvalue weighted by Crippen LogP contribution is -2.48. The molecule has 0 amide bonds. The van der Waals surface area contributed by atoms with E-state index in [1.54, 1.807) is 0 Å². The van der Waals surface area contributed by atoms with Crippen molar-refractivity contribution < 1.29 is 8.42 Å². The lowest BCUT2D eigenvalue weighted by atomic mass is 9.97. The number of piperidine rings is 1. The van der Waals surface area contributed by atoms with Gasteiger partial charge in [0, 0.05) is 29.7 Å². The third kappa shape index (κ3) is 2.55. The van der Waals surface area contributed by atoms with Crippen molar-refractivity contribution in [3.05, 3.63) is 30.0 Å². The van der Waals surface area contributed by atoms with Gasteiger partial charge in [0.25, 0.3) is 0 Å². The lowest BCUT2D eigenvalue weighted by molar-refractivity contribution is 0.328. The van der Waals surface area contributed by atoms with Gasteiger partial charge in [0.05, 0.1) is 0 Å². The zero-order valence-electron chi connectivity index (χ0n) is 13.3. The van der Waals surface area contributed by atoms with Crippen LogP contribution in [0.2, 0.25) is 0 Å². The van der Waals surface area contributed by atoms with Gasteiger partial charge >= 0.3 is 0 Å². The minimum absolute atomic E-state index is 0.00961. The summed E-state index contributed by atoms with van der Waals surface area (Å²) in [6, 6.07) is 7.63. The fourth-order valence-electron chi connectivity index (χ4n) is 3.27. The molecule has 2 atom stereocenters. The number of nitrogens with zero attached hydrogens (tertiary/aromatic N) is 1. The second-order valence-corrected chi connectivity index (χ2v) is 7.84. The quantitative estimate of drug-likeness (QED) is 0.905. The first-order valence-electron chi connectivity index (χ1n) is 7.69. The molecule has 1 saturated heterocycles. The highest BCUT2D eigenvalue weighted by atomic mass is 32.2. The third-order valence-electron chi connectivity index (χ3n) is 4.70. The summed E-state index contributed by atoms with van der Waals surface area (Å²) in [5.74, 6) is 0.291. The van der Waals surface area contributed by atoms with Crippen LogP contribution in [0.5, 0.6) is 0 Å². The highest BCUT2D eigenvalue weighted by molar-refractivity contribution is 7.89. The van der Waals surface area contributed by atoms with Gasteiger partial charge in [-0.2, -0.15) is 0 Å². The molecule has 6 heteroatoms. The number of hydrogen-bond donors (Lipinski definition) is 2.